The molecule has 0 aliphatic carbocycles. The lowest BCUT2D eigenvalue weighted by Crippen LogP contribution is -2.53. The number of ether oxygens (including phenoxy) is 1. The second-order valence-electron chi connectivity index (χ2n) is 6.72. The fourth-order valence-corrected chi connectivity index (χ4v) is 4.58. The van der Waals surface area contributed by atoms with Crippen LogP contribution in [0.3, 0.4) is 0 Å². The Kier molecular flexibility index (Phi) is 9.35. The largest absolute Gasteiger partial charge is 0.467 e. The SMILES string of the molecule is COC(=O)[C@H](Cc1ccccc1)NC(=O)[C@@H](CSCc1ccccc1)NS(C)(=O)=O. The van der Waals surface area contributed by atoms with Crippen LogP contribution in [-0.2, 0) is 36.5 Å². The Morgan fingerprint density at radius 2 is 1.53 bits per heavy atom. The van der Waals surface area contributed by atoms with E-state index < -0.39 is 34.0 Å². The van der Waals surface area contributed by atoms with Crippen molar-refractivity contribution in [3.8, 4) is 0 Å². The van der Waals surface area contributed by atoms with E-state index in [1.54, 1.807) is 0 Å². The number of carbonyl (C=O) groups excluding carboxylic acids is 2. The van der Waals surface area contributed by atoms with E-state index in [2.05, 4.69) is 10.0 Å². The average Bonchev–Trinajstić information content (AvgIpc) is 2.72. The molecule has 0 aromatic heterocycles. The summed E-state index contributed by atoms with van der Waals surface area (Å²) in [5.41, 5.74) is 1.91. The second-order valence-corrected chi connectivity index (χ2v) is 9.53. The highest BCUT2D eigenvalue weighted by molar-refractivity contribution is 7.98. The molecule has 2 aromatic carbocycles. The molecule has 0 radical (unpaired) electrons. The van der Waals surface area contributed by atoms with Crippen molar-refractivity contribution in [1.82, 2.24) is 10.0 Å². The van der Waals surface area contributed by atoms with E-state index in [9.17, 15) is 18.0 Å². The Labute approximate surface area is 181 Å². The maximum atomic E-state index is 12.8. The lowest BCUT2D eigenvalue weighted by Gasteiger charge is -2.21. The molecule has 0 fully saturated rings. The van der Waals surface area contributed by atoms with Gasteiger partial charge in [0.05, 0.1) is 13.4 Å². The molecule has 2 aromatic rings. The number of sulfonamides is 1. The highest BCUT2D eigenvalue weighted by Gasteiger charge is 2.28. The molecule has 162 valence electrons. The fraction of sp³-hybridized carbons (Fsp3) is 0.333. The second kappa shape index (κ2) is 11.7. The van der Waals surface area contributed by atoms with Gasteiger partial charge in [0.2, 0.25) is 15.9 Å². The molecule has 1 amide bonds. The van der Waals surface area contributed by atoms with Gasteiger partial charge in [-0.25, -0.2) is 17.9 Å². The van der Waals surface area contributed by atoms with Gasteiger partial charge in [0.15, 0.2) is 0 Å². The first kappa shape index (κ1) is 23.9. The van der Waals surface area contributed by atoms with Crippen LogP contribution in [0, 0.1) is 0 Å². The smallest absolute Gasteiger partial charge is 0.328 e. The molecule has 0 saturated heterocycles. The Bertz CT molecular complexity index is 921. The van der Waals surface area contributed by atoms with Crippen molar-refractivity contribution in [2.45, 2.75) is 24.3 Å². The van der Waals surface area contributed by atoms with Gasteiger partial charge in [-0.3, -0.25) is 4.79 Å². The van der Waals surface area contributed by atoms with E-state index in [0.717, 1.165) is 17.4 Å². The number of benzene rings is 2. The lowest BCUT2D eigenvalue weighted by atomic mass is 10.1. The molecule has 2 atom stereocenters. The lowest BCUT2D eigenvalue weighted by molar-refractivity contribution is -0.145. The summed E-state index contributed by atoms with van der Waals surface area (Å²) in [5.74, 6) is -0.331. The van der Waals surface area contributed by atoms with Gasteiger partial charge in [0.25, 0.3) is 0 Å². The summed E-state index contributed by atoms with van der Waals surface area (Å²) in [6, 6.07) is 16.9. The first-order valence-corrected chi connectivity index (χ1v) is 12.3. The highest BCUT2D eigenvalue weighted by atomic mass is 32.2. The Hall–Kier alpha value is -2.36. The zero-order valence-electron chi connectivity index (χ0n) is 16.9. The van der Waals surface area contributed by atoms with Crippen molar-refractivity contribution < 1.29 is 22.7 Å². The molecule has 0 unspecified atom stereocenters. The first-order valence-electron chi connectivity index (χ1n) is 9.29. The highest BCUT2D eigenvalue weighted by Crippen LogP contribution is 2.14. The molecular formula is C21H26N2O5S2. The number of thioether (sulfide) groups is 1. The summed E-state index contributed by atoms with van der Waals surface area (Å²) in [5, 5.41) is 2.63. The summed E-state index contributed by atoms with van der Waals surface area (Å²) in [7, 11) is -2.38. The first-order chi connectivity index (χ1) is 14.3. The summed E-state index contributed by atoms with van der Waals surface area (Å²) in [6.07, 6.45) is 1.24. The molecule has 0 spiro atoms. The molecule has 0 saturated carbocycles. The molecule has 30 heavy (non-hydrogen) atoms. The molecule has 2 N–H and O–H groups in total. The van der Waals surface area contributed by atoms with Crippen LogP contribution < -0.4 is 10.0 Å². The van der Waals surface area contributed by atoms with Gasteiger partial charge in [-0.05, 0) is 11.1 Å². The van der Waals surface area contributed by atoms with E-state index in [1.807, 2.05) is 60.7 Å². The average molecular weight is 451 g/mol. The van der Waals surface area contributed by atoms with E-state index in [4.69, 9.17) is 4.74 Å². The van der Waals surface area contributed by atoms with Crippen LogP contribution in [0.1, 0.15) is 11.1 Å². The van der Waals surface area contributed by atoms with Crippen molar-refractivity contribution in [2.24, 2.45) is 0 Å². The number of nitrogens with one attached hydrogen (secondary N) is 2. The summed E-state index contributed by atoms with van der Waals surface area (Å²) in [6.45, 7) is 0. The van der Waals surface area contributed by atoms with E-state index in [1.165, 1.54) is 18.9 Å². The van der Waals surface area contributed by atoms with Crippen molar-refractivity contribution in [1.29, 1.82) is 0 Å². The number of hydrogen-bond acceptors (Lipinski definition) is 6. The maximum Gasteiger partial charge on any atom is 0.328 e. The summed E-state index contributed by atoms with van der Waals surface area (Å²) in [4.78, 5) is 25.0. The quantitative estimate of drug-likeness (QED) is 0.506. The van der Waals surface area contributed by atoms with Gasteiger partial charge in [0.1, 0.15) is 12.1 Å². The van der Waals surface area contributed by atoms with E-state index >= 15 is 0 Å². The molecular weight excluding hydrogens is 424 g/mol. The van der Waals surface area contributed by atoms with Gasteiger partial charge in [-0.2, -0.15) is 11.8 Å². The monoisotopic (exact) mass is 450 g/mol. The zero-order chi connectivity index (χ0) is 22.0. The van der Waals surface area contributed by atoms with Crippen LogP contribution in [0.25, 0.3) is 0 Å². The third-order valence-electron chi connectivity index (χ3n) is 4.15. The zero-order valence-corrected chi connectivity index (χ0v) is 18.5. The van der Waals surface area contributed by atoms with Crippen molar-refractivity contribution in [3.05, 3.63) is 71.8 Å². The molecule has 0 aliphatic rings. The van der Waals surface area contributed by atoms with Crippen molar-refractivity contribution in [3.63, 3.8) is 0 Å². The minimum atomic E-state index is -3.62. The van der Waals surface area contributed by atoms with Crippen molar-refractivity contribution >= 4 is 33.7 Å². The maximum absolute atomic E-state index is 12.8. The number of hydrogen-bond donors (Lipinski definition) is 2. The number of amides is 1. The molecule has 0 aliphatic heterocycles. The minimum absolute atomic E-state index is 0.215. The van der Waals surface area contributed by atoms with Crippen LogP contribution in [0.2, 0.25) is 0 Å². The van der Waals surface area contributed by atoms with Crippen LogP contribution in [-0.4, -0.2) is 51.5 Å². The summed E-state index contributed by atoms with van der Waals surface area (Å²) < 4.78 is 30.7. The van der Waals surface area contributed by atoms with E-state index in [-0.39, 0.29) is 12.2 Å². The van der Waals surface area contributed by atoms with Crippen LogP contribution >= 0.6 is 11.8 Å². The van der Waals surface area contributed by atoms with Crippen LogP contribution in [0.15, 0.2) is 60.7 Å². The molecule has 0 bridgehead atoms. The Balaban J connectivity index is 2.06. The normalized spacial score (nSPS) is 13.3. The third kappa shape index (κ3) is 8.56. The number of rotatable bonds is 11. The molecule has 2 rings (SSSR count). The minimum Gasteiger partial charge on any atom is -0.467 e. The molecule has 0 heterocycles. The van der Waals surface area contributed by atoms with Gasteiger partial charge < -0.3 is 10.1 Å². The predicted molar refractivity (Wildman–Crippen MR) is 118 cm³/mol. The Morgan fingerprint density at radius 3 is 2.07 bits per heavy atom. The van der Waals surface area contributed by atoms with Gasteiger partial charge in [-0.15, -0.1) is 0 Å². The molecule has 9 heteroatoms. The molecule has 7 nitrogen and oxygen atoms in total. The Morgan fingerprint density at radius 1 is 0.967 bits per heavy atom. The van der Waals surface area contributed by atoms with Crippen molar-refractivity contribution in [2.75, 3.05) is 19.1 Å². The topological polar surface area (TPSA) is 102 Å². The van der Waals surface area contributed by atoms with Crippen LogP contribution in [0.5, 0.6) is 0 Å². The van der Waals surface area contributed by atoms with Gasteiger partial charge >= 0.3 is 5.97 Å². The van der Waals surface area contributed by atoms with Crippen LogP contribution in [0.4, 0.5) is 0 Å². The standard InChI is InChI=1S/C21H26N2O5S2/c1-28-21(25)18(13-16-9-5-3-6-10-16)22-20(24)19(23-30(2,26)27)15-29-14-17-11-7-4-8-12-17/h3-12,18-19,23H,13-15H2,1-2H3,(H,22,24)/t18-,19+/m0/s1. The number of methoxy groups -OCH3 is 1. The summed E-state index contributed by atoms with van der Waals surface area (Å²) >= 11 is 1.42. The van der Waals surface area contributed by atoms with E-state index in [0.29, 0.717) is 5.75 Å². The number of carbonyl (C=O) groups is 2. The van der Waals surface area contributed by atoms with Gasteiger partial charge in [0, 0.05) is 17.9 Å². The predicted octanol–water partition coefficient (Wildman–Crippen LogP) is 1.74. The van der Waals surface area contributed by atoms with Gasteiger partial charge in [-0.1, -0.05) is 60.7 Å². The number of esters is 1. The third-order valence-corrected chi connectivity index (χ3v) is 5.97. The fourth-order valence-electron chi connectivity index (χ4n) is 2.75.